The number of benzene rings is 12. The number of carbonyl (C=O) groups excluding carboxylic acids is 4. The van der Waals surface area contributed by atoms with Crippen LogP contribution in [-0.4, -0.2) is 89.8 Å². The maximum atomic E-state index is 9.80. The van der Waals surface area contributed by atoms with Crippen molar-refractivity contribution in [2.24, 2.45) is 44.3 Å². The first-order valence-electron chi connectivity index (χ1n) is 50.1. The number of aliphatic hydroxyl groups excluding tert-OH is 4. The van der Waals surface area contributed by atoms with Crippen molar-refractivity contribution in [3.63, 3.8) is 0 Å². The molecule has 0 unspecified atom stereocenters. The van der Waals surface area contributed by atoms with Gasteiger partial charge >= 0.3 is 23.1 Å². The zero-order valence-corrected chi connectivity index (χ0v) is 102. The minimum Gasteiger partial charge on any atom is -0.540 e. The van der Waals surface area contributed by atoms with E-state index in [2.05, 4.69) is 274 Å². The number of nitriles is 1. The van der Waals surface area contributed by atoms with E-state index in [4.69, 9.17) is 10.00 Å². The Morgan fingerprint density at radius 2 is 0.698 bits per heavy atom. The van der Waals surface area contributed by atoms with Crippen LogP contribution in [0.4, 0.5) is 0 Å². The van der Waals surface area contributed by atoms with Gasteiger partial charge in [0.2, 0.25) is 0 Å². The van der Waals surface area contributed by atoms with Gasteiger partial charge in [-0.1, -0.05) is 270 Å². The van der Waals surface area contributed by atoms with Gasteiger partial charge in [0, 0.05) is 133 Å². The van der Waals surface area contributed by atoms with Crippen LogP contribution in [0.3, 0.4) is 0 Å². The molecule has 0 atom stereocenters. The van der Waals surface area contributed by atoms with Gasteiger partial charge in [-0.25, -0.2) is 0 Å². The average Bonchev–Trinajstić information content (AvgIpc) is 0.775. The normalized spacial score (nSPS) is 11.9. The maximum absolute atomic E-state index is 9.80. The second-order valence-electron chi connectivity index (χ2n) is 44.2. The van der Waals surface area contributed by atoms with E-state index in [9.17, 15) is 39.6 Å². The fraction of sp³-hybridized carbons (Fsp3) is 0.321. The standard InChI is InChI=1S/C23H20N.C21H13N2.C21H16N.C20H14NO.C13H24O2.3C11H20O2.4Ir/c1-23(2,3)18-9-6-8-17(15-18)22-21-12-11-16-7-4-5-10-19(16)20(21)13-14-24-22;1-14-5-7-18-16(11-14)6-8-20-19(18)9-10-23-21(20)17-4-2-3-15(12-17)13-22;1-14-11-15(2)13-17(12-14)21-20-8-7-16-5-3-4-6-18(16)19(20)9-10-22-21;1-22-16-9-6-15(7-10-16)20-19-11-8-14-4-2-3-5-17(14)18(19)12-13-21-20;1-5-10(6-2)12(14)9-13(15)11(7-3)8-4;3*1-10(2,3)8(12)7-9(13)11(4,5)6;;;;/h4-7,9-15H,1-3H3;2-3,5-12H,1H3;3-12H,1-2H3;2-6,8-13H,1H3;9-11,14H,5-8H2,1-4H3;3*7,12H,1-6H3;;;;/q4*-1;;;;;;;;/p+4. The summed E-state index contributed by atoms with van der Waals surface area (Å²) in [4.78, 5) is 57.0. The monoisotopic (exact) mass is 2710 g/mol. The minimum absolute atomic E-state index is 0. The summed E-state index contributed by atoms with van der Waals surface area (Å²) in [7, 11) is 1.66. The average molecular weight is 2710 g/mol. The van der Waals surface area contributed by atoms with Crippen LogP contribution in [0, 0.1) is 101 Å². The van der Waals surface area contributed by atoms with Crippen LogP contribution in [0.15, 0.2) is 303 Å². The van der Waals surface area contributed by atoms with Crippen molar-refractivity contribution < 1.29 is 125 Å². The number of aromatic nitrogens is 4. The van der Waals surface area contributed by atoms with Crippen molar-refractivity contribution in [3.05, 3.63) is 355 Å². The fourth-order valence-electron chi connectivity index (χ4n) is 15.7. The van der Waals surface area contributed by atoms with Gasteiger partial charge in [0.1, 0.15) is 23.0 Å². The van der Waals surface area contributed by atoms with Gasteiger partial charge in [0.25, 0.3) is 0 Å². The topological polar surface area (TPSA) is 251 Å². The van der Waals surface area contributed by atoms with Crippen LogP contribution in [0.2, 0.25) is 0 Å². The molecule has 0 saturated carbocycles. The summed E-state index contributed by atoms with van der Waals surface area (Å²) in [6, 6.07) is 94.7. The third-order valence-electron chi connectivity index (χ3n) is 25.2. The largest absolute Gasteiger partial charge is 0.540 e. The SMILES string of the molecule is CC(C)(C)C(=[OH+])C=C(O)C(C)(C)C.CC(C)(C)C(=[OH+])C=C(O)C(C)(C)C.CC(C)(C)C(=[OH+])C=C(O)C(C)(C)C.CC(C)(C)c1cc[c-]c(-c2nccc3c2ccc2ccccc23)c1.CCC(CC)C(=[OH+])C=C(O)C(CC)CC.COc1c[c-]c(-c2nccc3c2ccc2ccccc23)cc1.Cc1[c-]c(-c2nccc3c2ccc2ccccc23)cc(C)c1.Cc1ccc2c(ccc3c(-c4[c-]ccc(C#N)c4)nccc32)c1.[Ir].[Ir].[Ir].[Ir]. The number of hydrogen-bond acceptors (Lipinski definition) is 10. The fourth-order valence-corrected chi connectivity index (χ4v) is 15.7. The quantitative estimate of drug-likeness (QED) is 0.0248. The van der Waals surface area contributed by atoms with E-state index in [-0.39, 0.29) is 165 Å². The summed E-state index contributed by atoms with van der Waals surface area (Å²) in [5.41, 5.74) is 11.6. The second-order valence-corrected chi connectivity index (χ2v) is 44.2. The third kappa shape index (κ3) is 35.6. The maximum Gasteiger partial charge on any atom is 0.325 e. The Kier molecular flexibility index (Phi) is 48.1. The minimum atomic E-state index is -0.306. The third-order valence-corrected chi connectivity index (χ3v) is 25.2. The number of methoxy groups -OCH3 is 1. The summed E-state index contributed by atoms with van der Waals surface area (Å²) in [6.07, 6.45) is 17.0. The van der Waals surface area contributed by atoms with E-state index in [1.165, 1.54) is 110 Å². The first-order chi connectivity index (χ1) is 68.1. The molecule has 0 amide bonds. The van der Waals surface area contributed by atoms with E-state index in [1.807, 2.05) is 214 Å². The molecule has 4 aromatic heterocycles. The van der Waals surface area contributed by atoms with E-state index in [0.717, 1.165) is 92.8 Å². The summed E-state index contributed by atoms with van der Waals surface area (Å²) in [5, 5.41) is 67.2. The molecule has 0 saturated heterocycles. The van der Waals surface area contributed by atoms with E-state index in [0.29, 0.717) is 17.1 Å². The van der Waals surface area contributed by atoms with E-state index < -0.39 is 0 Å². The van der Waals surface area contributed by atoms with E-state index >= 15 is 0 Å². The van der Waals surface area contributed by atoms with Crippen molar-refractivity contribution in [2.75, 3.05) is 7.11 Å². The predicted octanol–water partition coefficient (Wildman–Crippen LogP) is 34.6. The van der Waals surface area contributed by atoms with Gasteiger partial charge in [-0.05, 0) is 239 Å². The number of rotatable bonds is 15. The van der Waals surface area contributed by atoms with Crippen LogP contribution in [0.1, 0.15) is 227 Å². The number of hydrogen-bond donors (Lipinski definition) is 4. The molecule has 4 heterocycles. The Morgan fingerprint density at radius 1 is 0.349 bits per heavy atom. The molecule has 0 aliphatic heterocycles. The molecule has 149 heavy (non-hydrogen) atoms. The van der Waals surface area contributed by atoms with Crippen LogP contribution in [0.25, 0.3) is 131 Å². The molecule has 16 rings (SSSR count). The van der Waals surface area contributed by atoms with Crippen molar-refractivity contribution in [2.45, 2.75) is 225 Å². The van der Waals surface area contributed by atoms with Crippen molar-refractivity contribution >= 4 is 109 Å². The van der Waals surface area contributed by atoms with Gasteiger partial charge in [0.15, 0.2) is 0 Å². The Bertz CT molecular complexity index is 7320. The summed E-state index contributed by atoms with van der Waals surface area (Å²) in [5.74, 6) is 3.06. The Morgan fingerprint density at radius 3 is 1.04 bits per heavy atom. The smallest absolute Gasteiger partial charge is 0.325 e. The first-order valence-corrected chi connectivity index (χ1v) is 50.1. The number of aryl methyl sites for hydroxylation is 3. The summed E-state index contributed by atoms with van der Waals surface area (Å²) >= 11 is 0. The molecule has 8 N–H and O–H groups in total. The van der Waals surface area contributed by atoms with Gasteiger partial charge < -0.3 is 45.1 Å². The number of nitrogens with zero attached hydrogens (tertiary/aromatic N) is 5. The van der Waals surface area contributed by atoms with Crippen molar-refractivity contribution in [3.8, 4) is 56.8 Å². The molecule has 0 aliphatic rings. The molecular formula is C131H151Ir4N5O9. The summed E-state index contributed by atoms with van der Waals surface area (Å²) < 4.78 is 5.20. The molecule has 12 aromatic carbocycles. The predicted molar refractivity (Wildman–Crippen MR) is 614 cm³/mol. The van der Waals surface area contributed by atoms with Crippen molar-refractivity contribution in [1.82, 2.24) is 19.9 Å². The molecule has 0 fully saturated rings. The number of allylic oxidation sites excluding steroid dienone is 8. The molecule has 0 bridgehead atoms. The summed E-state index contributed by atoms with van der Waals surface area (Å²) in [6.45, 7) is 55.3. The zero-order valence-electron chi connectivity index (χ0n) is 92.1. The molecular weight excluding hydrogens is 2560 g/mol. The Hall–Kier alpha value is -12.0. The van der Waals surface area contributed by atoms with Crippen LogP contribution in [-0.2, 0) is 85.8 Å². The number of fused-ring (bicyclic) bond motifs is 12. The van der Waals surface area contributed by atoms with Crippen LogP contribution >= 0.6 is 0 Å². The van der Waals surface area contributed by atoms with Crippen LogP contribution < -0.4 is 4.74 Å². The van der Waals surface area contributed by atoms with Gasteiger partial charge in [-0.2, -0.15) is 5.26 Å². The Balaban J connectivity index is 0.000000302. The molecule has 0 spiro atoms. The number of pyridine rings is 4. The molecule has 14 nitrogen and oxygen atoms in total. The number of aliphatic hydroxyl groups is 4. The zero-order chi connectivity index (χ0) is 107. The van der Waals surface area contributed by atoms with Crippen molar-refractivity contribution in [1.29, 1.82) is 5.26 Å². The van der Waals surface area contributed by atoms with Gasteiger partial charge in [-0.15, -0.1) is 130 Å². The van der Waals surface area contributed by atoms with Gasteiger partial charge in [-0.3, -0.25) is 19.2 Å². The number of ketones is 4. The molecule has 18 heteroatoms. The Labute approximate surface area is 939 Å². The second kappa shape index (κ2) is 56.2. The van der Waals surface area contributed by atoms with Gasteiger partial charge in [0.05, 0.1) is 59.6 Å². The number of ether oxygens (including phenoxy) is 1. The molecule has 790 valence electrons. The molecule has 0 aliphatic carbocycles. The molecule has 4 radical (unpaired) electrons. The molecule has 16 aromatic rings. The van der Waals surface area contributed by atoms with Crippen LogP contribution in [0.5, 0.6) is 5.75 Å². The first kappa shape index (κ1) is 128. The van der Waals surface area contributed by atoms with E-state index in [1.54, 1.807) is 25.3 Å².